The monoisotopic (exact) mass is 156 g/mol. The Hall–Kier alpha value is -0.0400. The van der Waals surface area contributed by atoms with Gasteiger partial charge in [0.05, 0.1) is 6.10 Å². The number of hydrogen-bond acceptors (Lipinski definition) is 1. The molecule has 0 aliphatic heterocycles. The Labute approximate surface area is 70.1 Å². The Balaban J connectivity index is 2.41. The molecule has 1 aliphatic carbocycles. The lowest BCUT2D eigenvalue weighted by molar-refractivity contribution is 0.00644. The first-order valence-corrected chi connectivity index (χ1v) is 4.80. The molecule has 1 nitrogen and oxygen atoms in total. The second-order valence-corrected chi connectivity index (χ2v) is 3.86. The van der Waals surface area contributed by atoms with E-state index in [-0.39, 0.29) is 0 Å². The molecule has 3 atom stereocenters. The molecule has 1 aliphatic rings. The Morgan fingerprint density at radius 3 is 2.64 bits per heavy atom. The largest absolute Gasteiger partial charge is 0.381 e. The summed E-state index contributed by atoms with van der Waals surface area (Å²) in [5.74, 6) is 1.71. The molecule has 0 heterocycles. The van der Waals surface area contributed by atoms with Gasteiger partial charge in [-0.2, -0.15) is 0 Å². The van der Waals surface area contributed by atoms with E-state index in [1.165, 1.54) is 25.7 Å². The molecule has 0 aromatic rings. The van der Waals surface area contributed by atoms with Crippen LogP contribution in [0.5, 0.6) is 0 Å². The van der Waals surface area contributed by atoms with Crippen LogP contribution in [0.4, 0.5) is 0 Å². The fourth-order valence-electron chi connectivity index (χ4n) is 2.15. The molecule has 0 radical (unpaired) electrons. The molecule has 0 amide bonds. The van der Waals surface area contributed by atoms with Gasteiger partial charge in [0.1, 0.15) is 0 Å². The van der Waals surface area contributed by atoms with Crippen LogP contribution >= 0.6 is 0 Å². The maximum atomic E-state index is 5.47. The first-order chi connectivity index (χ1) is 5.27. The maximum Gasteiger partial charge on any atom is 0.0601 e. The summed E-state index contributed by atoms with van der Waals surface area (Å²) in [4.78, 5) is 0. The summed E-state index contributed by atoms with van der Waals surface area (Å²) in [5, 5.41) is 0. The molecule has 0 spiro atoms. The van der Waals surface area contributed by atoms with Gasteiger partial charge >= 0.3 is 0 Å². The first kappa shape index (κ1) is 9.05. The average molecular weight is 156 g/mol. The number of ether oxygens (including phenoxy) is 1. The quantitative estimate of drug-likeness (QED) is 0.597. The Morgan fingerprint density at radius 2 is 2.09 bits per heavy atom. The average Bonchev–Trinajstić information content (AvgIpc) is 2.04. The van der Waals surface area contributed by atoms with Gasteiger partial charge in [0.2, 0.25) is 0 Å². The highest BCUT2D eigenvalue weighted by Crippen LogP contribution is 2.32. The number of methoxy groups -OCH3 is 1. The van der Waals surface area contributed by atoms with Crippen LogP contribution in [0.15, 0.2) is 0 Å². The molecular weight excluding hydrogens is 136 g/mol. The predicted octanol–water partition coefficient (Wildman–Crippen LogP) is 2.85. The third kappa shape index (κ3) is 2.19. The van der Waals surface area contributed by atoms with Crippen molar-refractivity contribution in [2.24, 2.45) is 11.8 Å². The highest BCUT2D eigenvalue weighted by atomic mass is 16.5. The van der Waals surface area contributed by atoms with Gasteiger partial charge in [0.25, 0.3) is 0 Å². The summed E-state index contributed by atoms with van der Waals surface area (Å²) in [6.07, 6.45) is 5.87. The SMILES string of the molecule is CCC1CCC(C)CC1OC. The van der Waals surface area contributed by atoms with Crippen LogP contribution in [0.3, 0.4) is 0 Å². The molecule has 1 saturated carbocycles. The van der Waals surface area contributed by atoms with Gasteiger partial charge in [0.15, 0.2) is 0 Å². The van der Waals surface area contributed by atoms with Gasteiger partial charge in [-0.1, -0.05) is 26.7 Å². The van der Waals surface area contributed by atoms with Crippen molar-refractivity contribution >= 4 is 0 Å². The van der Waals surface area contributed by atoms with Crippen molar-refractivity contribution in [1.82, 2.24) is 0 Å². The van der Waals surface area contributed by atoms with Gasteiger partial charge in [-0.3, -0.25) is 0 Å². The van der Waals surface area contributed by atoms with Crippen molar-refractivity contribution < 1.29 is 4.74 Å². The maximum absolute atomic E-state index is 5.47. The van der Waals surface area contributed by atoms with Crippen LogP contribution in [0.2, 0.25) is 0 Å². The van der Waals surface area contributed by atoms with E-state index < -0.39 is 0 Å². The molecule has 66 valence electrons. The minimum absolute atomic E-state index is 0.545. The lowest BCUT2D eigenvalue weighted by Crippen LogP contribution is -2.29. The normalized spacial score (nSPS) is 39.0. The fourth-order valence-corrected chi connectivity index (χ4v) is 2.15. The van der Waals surface area contributed by atoms with E-state index in [2.05, 4.69) is 13.8 Å². The highest BCUT2D eigenvalue weighted by molar-refractivity contribution is 4.77. The Morgan fingerprint density at radius 1 is 1.36 bits per heavy atom. The molecule has 1 rings (SSSR count). The van der Waals surface area contributed by atoms with Crippen LogP contribution in [-0.2, 0) is 4.74 Å². The van der Waals surface area contributed by atoms with Gasteiger partial charge in [-0.05, 0) is 24.7 Å². The zero-order valence-electron chi connectivity index (χ0n) is 7.97. The van der Waals surface area contributed by atoms with Crippen LogP contribution in [-0.4, -0.2) is 13.2 Å². The van der Waals surface area contributed by atoms with Crippen LogP contribution in [0, 0.1) is 11.8 Å². The molecule has 0 N–H and O–H groups in total. The highest BCUT2D eigenvalue weighted by Gasteiger charge is 2.26. The van der Waals surface area contributed by atoms with E-state index in [1.807, 2.05) is 7.11 Å². The summed E-state index contributed by atoms with van der Waals surface area (Å²) in [5.41, 5.74) is 0. The minimum atomic E-state index is 0.545. The Kier molecular flexibility index (Phi) is 3.38. The third-order valence-electron chi connectivity index (χ3n) is 3.02. The van der Waals surface area contributed by atoms with Crippen molar-refractivity contribution in [2.45, 2.75) is 45.6 Å². The minimum Gasteiger partial charge on any atom is -0.381 e. The van der Waals surface area contributed by atoms with Gasteiger partial charge in [-0.15, -0.1) is 0 Å². The summed E-state index contributed by atoms with van der Waals surface area (Å²) in [6, 6.07) is 0. The smallest absolute Gasteiger partial charge is 0.0601 e. The molecule has 0 aromatic heterocycles. The molecular formula is C10H20O. The van der Waals surface area contributed by atoms with Gasteiger partial charge in [0, 0.05) is 7.11 Å². The number of rotatable bonds is 2. The first-order valence-electron chi connectivity index (χ1n) is 4.80. The lowest BCUT2D eigenvalue weighted by atomic mass is 9.79. The third-order valence-corrected chi connectivity index (χ3v) is 3.02. The zero-order valence-corrected chi connectivity index (χ0v) is 7.97. The van der Waals surface area contributed by atoms with E-state index in [4.69, 9.17) is 4.74 Å². The zero-order chi connectivity index (χ0) is 8.27. The molecule has 1 fully saturated rings. The fraction of sp³-hybridized carbons (Fsp3) is 1.00. The van der Waals surface area contributed by atoms with Crippen molar-refractivity contribution in [1.29, 1.82) is 0 Å². The standard InChI is InChI=1S/C10H20O/c1-4-9-6-5-8(2)7-10(9)11-3/h8-10H,4-7H2,1-3H3. The summed E-state index contributed by atoms with van der Waals surface area (Å²) < 4.78 is 5.47. The van der Waals surface area contributed by atoms with E-state index in [0.29, 0.717) is 6.10 Å². The topological polar surface area (TPSA) is 9.23 Å². The van der Waals surface area contributed by atoms with E-state index >= 15 is 0 Å². The van der Waals surface area contributed by atoms with Gasteiger partial charge < -0.3 is 4.74 Å². The van der Waals surface area contributed by atoms with E-state index in [1.54, 1.807) is 0 Å². The van der Waals surface area contributed by atoms with E-state index in [9.17, 15) is 0 Å². The number of hydrogen-bond donors (Lipinski definition) is 0. The van der Waals surface area contributed by atoms with E-state index in [0.717, 1.165) is 11.8 Å². The summed E-state index contributed by atoms with van der Waals surface area (Å²) >= 11 is 0. The molecule has 11 heavy (non-hydrogen) atoms. The van der Waals surface area contributed by atoms with Crippen molar-refractivity contribution in [2.75, 3.05) is 7.11 Å². The van der Waals surface area contributed by atoms with Crippen molar-refractivity contribution in [3.63, 3.8) is 0 Å². The second-order valence-electron chi connectivity index (χ2n) is 3.86. The van der Waals surface area contributed by atoms with Crippen molar-refractivity contribution in [3.8, 4) is 0 Å². The summed E-state index contributed by atoms with van der Waals surface area (Å²) in [6.45, 7) is 4.60. The lowest BCUT2D eigenvalue weighted by Gasteiger charge is -2.33. The summed E-state index contributed by atoms with van der Waals surface area (Å²) in [7, 11) is 1.85. The molecule has 0 aromatic carbocycles. The molecule has 0 saturated heterocycles. The Bertz CT molecular complexity index is 111. The predicted molar refractivity (Wildman–Crippen MR) is 47.6 cm³/mol. The second kappa shape index (κ2) is 4.10. The van der Waals surface area contributed by atoms with Crippen LogP contribution < -0.4 is 0 Å². The van der Waals surface area contributed by atoms with Crippen LogP contribution in [0.1, 0.15) is 39.5 Å². The van der Waals surface area contributed by atoms with Crippen molar-refractivity contribution in [3.05, 3.63) is 0 Å². The van der Waals surface area contributed by atoms with Crippen LogP contribution in [0.25, 0.3) is 0 Å². The molecule has 3 unspecified atom stereocenters. The molecule has 1 heteroatoms. The molecule has 0 bridgehead atoms. The van der Waals surface area contributed by atoms with Gasteiger partial charge in [-0.25, -0.2) is 0 Å².